The van der Waals surface area contributed by atoms with E-state index in [1.165, 1.54) is 41.9 Å². The number of aliphatic hydroxyl groups excluding tert-OH is 1. The number of amides is 6. The van der Waals surface area contributed by atoms with Crippen molar-refractivity contribution in [2.45, 2.75) is 193 Å². The molecule has 0 aromatic heterocycles. The van der Waals surface area contributed by atoms with Crippen LogP contribution in [-0.4, -0.2) is 188 Å². The lowest BCUT2D eigenvalue weighted by molar-refractivity contribution is -0.325. The number of likely N-dealkylation sites (N-methyl/N-ethyl adjacent to an activating group) is 1. The molecule has 0 radical (unpaired) electrons. The average Bonchev–Trinajstić information content (AvgIpc) is 3.37. The minimum atomic E-state index is -2.82. The van der Waals surface area contributed by atoms with Gasteiger partial charge in [-0.25, -0.2) is 20.7 Å². The summed E-state index contributed by atoms with van der Waals surface area (Å²) < 4.78 is 17.7. The molecule has 0 bridgehead atoms. The number of carbonyl (C=O) groups is 8. The summed E-state index contributed by atoms with van der Waals surface area (Å²) in [7, 11) is 2.55. The maximum absolute atomic E-state index is 15.4. The van der Waals surface area contributed by atoms with Crippen LogP contribution in [0, 0.1) is 23.7 Å². The van der Waals surface area contributed by atoms with E-state index in [9.17, 15) is 54.1 Å². The Morgan fingerprint density at radius 2 is 1.51 bits per heavy atom. The van der Waals surface area contributed by atoms with E-state index in [0.717, 1.165) is 14.9 Å². The Morgan fingerprint density at radius 3 is 2.05 bits per heavy atom. The van der Waals surface area contributed by atoms with Gasteiger partial charge in [0.2, 0.25) is 11.7 Å². The van der Waals surface area contributed by atoms with Crippen molar-refractivity contribution in [1.29, 1.82) is 0 Å². The number of allylic oxidation sites excluding steroid dienone is 3. The van der Waals surface area contributed by atoms with Gasteiger partial charge in [-0.2, -0.15) is 0 Å². The summed E-state index contributed by atoms with van der Waals surface area (Å²) >= 11 is 0. The first kappa shape index (κ1) is 61.7. The number of carbonyl (C=O) groups excluding carboxylic acids is 8. The van der Waals surface area contributed by atoms with Crippen LogP contribution in [0.1, 0.15) is 128 Å². The molecule has 8 N–H and O–H groups in total. The maximum Gasteiger partial charge on any atom is 0.331 e. The molecular formula is C51H84N8O15. The lowest BCUT2D eigenvalue weighted by Crippen LogP contribution is -2.71. The first-order valence-corrected chi connectivity index (χ1v) is 26.0. The van der Waals surface area contributed by atoms with Gasteiger partial charge in [-0.15, -0.1) is 0 Å². The van der Waals surface area contributed by atoms with E-state index in [-0.39, 0.29) is 74.3 Å². The number of Topliss-reactive ketones (excluding diaryl/α,β-unsaturated/α-hetero) is 1. The number of fused-ring (bicyclic) bond motifs is 2. The van der Waals surface area contributed by atoms with E-state index >= 15 is 4.79 Å². The van der Waals surface area contributed by atoms with E-state index < -0.39 is 132 Å². The third-order valence-electron chi connectivity index (χ3n) is 14.8. The molecule has 3 unspecified atom stereocenters. The zero-order valence-electron chi connectivity index (χ0n) is 45.5. The van der Waals surface area contributed by atoms with Crippen molar-refractivity contribution in [3.8, 4) is 0 Å². The molecule has 23 nitrogen and oxygen atoms in total. The highest BCUT2D eigenvalue weighted by atomic mass is 16.7. The Bertz CT molecular complexity index is 2120. The van der Waals surface area contributed by atoms with Gasteiger partial charge in [0.05, 0.1) is 18.8 Å². The Labute approximate surface area is 435 Å². The van der Waals surface area contributed by atoms with Gasteiger partial charge in [-0.1, -0.05) is 60.6 Å². The lowest BCUT2D eigenvalue weighted by Gasteiger charge is -2.49. The molecule has 0 aromatic carbocycles. The number of cyclic esters (lactones) is 1. The summed E-state index contributed by atoms with van der Waals surface area (Å²) in [6, 6.07) is -9.78. The summed E-state index contributed by atoms with van der Waals surface area (Å²) in [4.78, 5) is 117. The first-order chi connectivity index (χ1) is 34.6. The number of esters is 1. The molecule has 418 valence electrons. The molecule has 4 aliphatic heterocycles. The Balaban J connectivity index is 1.90. The molecule has 4 saturated heterocycles. The molecule has 13 atom stereocenters. The largest absolute Gasteiger partial charge is 0.458 e. The monoisotopic (exact) mass is 1050 g/mol. The molecular weight excluding hydrogens is 965 g/mol. The van der Waals surface area contributed by atoms with Gasteiger partial charge in [-0.3, -0.25) is 48.8 Å². The molecule has 0 spiro atoms. The van der Waals surface area contributed by atoms with Crippen LogP contribution in [0.25, 0.3) is 0 Å². The second-order valence-electron chi connectivity index (χ2n) is 21.2. The number of nitrogens with zero attached hydrogens (tertiary/aromatic N) is 4. The number of hydrogen-bond donors (Lipinski definition) is 8. The van der Waals surface area contributed by atoms with Crippen LogP contribution in [0.15, 0.2) is 23.3 Å². The number of aliphatic hydroxyl groups is 3. The van der Waals surface area contributed by atoms with Crippen molar-refractivity contribution in [1.82, 2.24) is 41.5 Å². The Hall–Kier alpha value is -4.88. The normalized spacial score (nSPS) is 31.6. The summed E-state index contributed by atoms with van der Waals surface area (Å²) in [5.74, 6) is -12.1. The average molecular weight is 1050 g/mol. The van der Waals surface area contributed by atoms with E-state index in [0.29, 0.717) is 17.6 Å². The van der Waals surface area contributed by atoms with Gasteiger partial charge in [-0.05, 0) is 102 Å². The van der Waals surface area contributed by atoms with E-state index in [4.69, 9.17) is 14.2 Å². The quantitative estimate of drug-likeness (QED) is 0.0516. The summed E-state index contributed by atoms with van der Waals surface area (Å²) in [6.45, 7) is 17.8. The van der Waals surface area contributed by atoms with Gasteiger partial charge in [0, 0.05) is 39.6 Å². The lowest BCUT2D eigenvalue weighted by atomic mass is 9.78. The summed E-state index contributed by atoms with van der Waals surface area (Å²) in [5, 5.41) is 54.9. The van der Waals surface area contributed by atoms with E-state index in [1.54, 1.807) is 39.8 Å². The van der Waals surface area contributed by atoms with Crippen LogP contribution in [0.4, 0.5) is 0 Å². The zero-order chi connectivity index (χ0) is 55.7. The standard InChI is InChI=1S/C51H84N8O15/c1-14-29(7)40(61)31(9)25-32(10)42-30(8)20-21-51(70,74-42)50(69,15-2)49(68)55-39-41(28(5)6)73-48(67)38(33(11)60)54-43(62)34-18-16-22-52-57(34)45(64)36(24-27(3)4)56(12)44(63)37(26-72-13)59(71)46(65)35-19-17-23-53-58(35)47(39)66/h14,25,27-28,30-31,33-39,41-42,52-53,60,69-71H,15-24,26H2,1-13H3,(H,54,62)(H,55,68)/b29-14+,32-25+/t30-,31-,33-,34-,35+,36?,37?,38?,39-,41-,42-,50-,51+/m0/s1. The van der Waals surface area contributed by atoms with Crippen molar-refractivity contribution in [2.24, 2.45) is 23.7 Å². The number of hydroxylamine groups is 2. The Morgan fingerprint density at radius 1 is 0.919 bits per heavy atom. The molecule has 74 heavy (non-hydrogen) atoms. The maximum atomic E-state index is 15.4. The Kier molecular flexibility index (Phi) is 21.9. The highest BCUT2D eigenvalue weighted by molar-refractivity contribution is 5.98. The number of hydrazine groups is 2. The number of ketones is 1. The van der Waals surface area contributed by atoms with Gasteiger partial charge in [0.15, 0.2) is 23.5 Å². The van der Waals surface area contributed by atoms with Crippen molar-refractivity contribution in [3.63, 3.8) is 0 Å². The second kappa shape index (κ2) is 26.3. The van der Waals surface area contributed by atoms with Gasteiger partial charge < -0.3 is 45.1 Å². The fraction of sp³-hybridized carbons (Fsp3) is 0.765. The van der Waals surface area contributed by atoms with Crippen LogP contribution in [-0.2, 0) is 52.6 Å². The van der Waals surface area contributed by atoms with Crippen LogP contribution < -0.4 is 21.5 Å². The number of hydrogen-bond acceptors (Lipinski definition) is 17. The molecule has 23 heteroatoms. The first-order valence-electron chi connectivity index (χ1n) is 26.0. The predicted octanol–water partition coefficient (Wildman–Crippen LogP) is 0.778. The fourth-order valence-corrected chi connectivity index (χ4v) is 10.1. The molecule has 4 aliphatic rings. The number of nitrogens with one attached hydrogen (secondary N) is 4. The molecule has 0 aliphatic carbocycles. The molecule has 4 rings (SSSR count). The molecule has 4 heterocycles. The van der Waals surface area contributed by atoms with Crippen LogP contribution in [0.2, 0.25) is 0 Å². The minimum absolute atomic E-state index is 0.0687. The third-order valence-corrected chi connectivity index (χ3v) is 14.8. The van der Waals surface area contributed by atoms with Crippen molar-refractivity contribution in [3.05, 3.63) is 23.3 Å². The van der Waals surface area contributed by atoms with Crippen LogP contribution in [0.3, 0.4) is 0 Å². The minimum Gasteiger partial charge on any atom is -0.458 e. The number of ether oxygens (including phenoxy) is 3. The summed E-state index contributed by atoms with van der Waals surface area (Å²) in [6.07, 6.45) is -0.647. The van der Waals surface area contributed by atoms with Crippen LogP contribution >= 0.6 is 0 Å². The summed E-state index contributed by atoms with van der Waals surface area (Å²) in [5.41, 5.74) is 4.08. The molecule has 0 aromatic rings. The molecule has 6 amide bonds. The topological polar surface area (TPSA) is 306 Å². The van der Waals surface area contributed by atoms with Gasteiger partial charge >= 0.3 is 5.97 Å². The molecule has 4 fully saturated rings. The second-order valence-corrected chi connectivity index (χ2v) is 21.2. The zero-order valence-corrected chi connectivity index (χ0v) is 45.5. The van der Waals surface area contributed by atoms with E-state index in [2.05, 4.69) is 21.5 Å². The van der Waals surface area contributed by atoms with Gasteiger partial charge in [0.25, 0.3) is 29.5 Å². The number of rotatable bonds is 14. The van der Waals surface area contributed by atoms with Crippen molar-refractivity contribution >= 4 is 47.2 Å². The highest BCUT2D eigenvalue weighted by Gasteiger charge is 2.59. The SMILES string of the molecule is C/C=C(\C)C(=O)[C@@H](C)/C=C(\C)[C@H]1O[C@@](O)([C@](O)(CC)C(=O)N[C@@H]2C(=O)N3NCCC[C@@H]3C(=O)N(O)C(COC)C(=O)N(C)C(CC(C)C)C(=O)N3NCCC[C@H]3C(=O)NC([C@H](C)O)C(=O)O[C@H]2C(C)C)CC[C@@H]1C. The number of methoxy groups -OCH3 is 1. The highest BCUT2D eigenvalue weighted by Crippen LogP contribution is 2.42. The van der Waals surface area contributed by atoms with Gasteiger partial charge in [0.1, 0.15) is 30.3 Å². The van der Waals surface area contributed by atoms with E-state index in [1.807, 2.05) is 20.8 Å². The molecule has 0 saturated carbocycles. The smallest absolute Gasteiger partial charge is 0.331 e. The third kappa shape index (κ3) is 13.6. The predicted molar refractivity (Wildman–Crippen MR) is 267 cm³/mol. The fourth-order valence-electron chi connectivity index (χ4n) is 10.1. The van der Waals surface area contributed by atoms with Crippen molar-refractivity contribution < 1.29 is 73.1 Å². The van der Waals surface area contributed by atoms with Crippen molar-refractivity contribution in [2.75, 3.05) is 33.9 Å². The van der Waals surface area contributed by atoms with Crippen LogP contribution in [0.5, 0.6) is 0 Å².